The normalized spacial score (nSPS) is 11.7. The molecule has 0 radical (unpaired) electrons. The lowest BCUT2D eigenvalue weighted by Crippen LogP contribution is -2.26. The smallest absolute Gasteiger partial charge is 0.344 e. The first-order valence-corrected chi connectivity index (χ1v) is 9.44. The molecular formula is C23H24N2O4. The van der Waals surface area contributed by atoms with Gasteiger partial charge in [-0.15, -0.1) is 0 Å². The van der Waals surface area contributed by atoms with E-state index in [1.807, 2.05) is 37.3 Å². The SMILES string of the molecule is CCC(Oc1cccc(Oc2cc(C)cc(-c3cccc(CN)c3)c2)n1)C(=O)O. The quantitative estimate of drug-likeness (QED) is 0.584. The number of aliphatic carboxylic acids is 1. The maximum absolute atomic E-state index is 11.2. The molecule has 0 saturated heterocycles. The molecule has 0 saturated carbocycles. The molecule has 1 unspecified atom stereocenters. The predicted octanol–water partition coefficient (Wildman–Crippen LogP) is 4.55. The zero-order valence-corrected chi connectivity index (χ0v) is 16.5. The first kappa shape index (κ1) is 20.4. The van der Waals surface area contributed by atoms with Crippen molar-refractivity contribution in [2.75, 3.05) is 0 Å². The minimum atomic E-state index is -1.02. The Morgan fingerprint density at radius 3 is 2.55 bits per heavy atom. The number of carboxylic acids is 1. The fraction of sp³-hybridized carbons (Fsp3) is 0.217. The molecule has 0 bridgehead atoms. The second kappa shape index (κ2) is 9.21. The van der Waals surface area contributed by atoms with Crippen molar-refractivity contribution in [1.29, 1.82) is 0 Å². The molecule has 0 spiro atoms. The van der Waals surface area contributed by atoms with Crippen LogP contribution in [-0.4, -0.2) is 22.2 Å². The highest BCUT2D eigenvalue weighted by atomic mass is 16.5. The average molecular weight is 392 g/mol. The summed E-state index contributed by atoms with van der Waals surface area (Å²) in [7, 11) is 0. The Morgan fingerprint density at radius 2 is 1.83 bits per heavy atom. The molecule has 3 rings (SSSR count). The van der Waals surface area contributed by atoms with Crippen molar-refractivity contribution in [3.63, 3.8) is 0 Å². The Balaban J connectivity index is 1.84. The number of hydrogen-bond donors (Lipinski definition) is 2. The van der Waals surface area contributed by atoms with Gasteiger partial charge >= 0.3 is 5.97 Å². The molecule has 150 valence electrons. The lowest BCUT2D eigenvalue weighted by Gasteiger charge is -2.13. The maximum atomic E-state index is 11.2. The molecule has 0 aliphatic rings. The molecule has 2 aromatic carbocycles. The van der Waals surface area contributed by atoms with E-state index in [1.165, 1.54) is 0 Å². The highest BCUT2D eigenvalue weighted by Crippen LogP contribution is 2.29. The van der Waals surface area contributed by atoms with Gasteiger partial charge in [-0.05, 0) is 53.8 Å². The summed E-state index contributed by atoms with van der Waals surface area (Å²) < 4.78 is 11.4. The van der Waals surface area contributed by atoms with Crippen molar-refractivity contribution in [2.45, 2.75) is 32.9 Å². The van der Waals surface area contributed by atoms with Crippen LogP contribution >= 0.6 is 0 Å². The monoisotopic (exact) mass is 392 g/mol. The van der Waals surface area contributed by atoms with Crippen LogP contribution in [0.3, 0.4) is 0 Å². The van der Waals surface area contributed by atoms with Gasteiger partial charge in [0.1, 0.15) is 5.75 Å². The number of ether oxygens (including phenoxy) is 2. The molecule has 29 heavy (non-hydrogen) atoms. The van der Waals surface area contributed by atoms with Gasteiger partial charge in [0.2, 0.25) is 11.8 Å². The van der Waals surface area contributed by atoms with Gasteiger partial charge in [-0.1, -0.05) is 37.3 Å². The summed E-state index contributed by atoms with van der Waals surface area (Å²) in [4.78, 5) is 15.4. The van der Waals surface area contributed by atoms with Crippen molar-refractivity contribution in [3.8, 4) is 28.6 Å². The molecular weight excluding hydrogens is 368 g/mol. The van der Waals surface area contributed by atoms with Crippen molar-refractivity contribution >= 4 is 5.97 Å². The third-order valence-corrected chi connectivity index (χ3v) is 4.38. The largest absolute Gasteiger partial charge is 0.479 e. The molecule has 0 aliphatic heterocycles. The van der Waals surface area contributed by atoms with Gasteiger partial charge in [0, 0.05) is 18.7 Å². The highest BCUT2D eigenvalue weighted by Gasteiger charge is 2.17. The number of carboxylic acid groups (broad SMARTS) is 1. The van der Waals surface area contributed by atoms with Gasteiger partial charge in [-0.25, -0.2) is 4.79 Å². The molecule has 1 aromatic heterocycles. The lowest BCUT2D eigenvalue weighted by molar-refractivity contribution is -0.145. The number of hydrogen-bond acceptors (Lipinski definition) is 5. The minimum Gasteiger partial charge on any atom is -0.479 e. The van der Waals surface area contributed by atoms with Crippen LogP contribution in [0.2, 0.25) is 0 Å². The second-order valence-electron chi connectivity index (χ2n) is 6.71. The number of nitrogens with zero attached hydrogens (tertiary/aromatic N) is 1. The number of nitrogens with two attached hydrogens (primary N) is 1. The molecule has 6 nitrogen and oxygen atoms in total. The van der Waals surface area contributed by atoms with E-state index < -0.39 is 12.1 Å². The lowest BCUT2D eigenvalue weighted by atomic mass is 10.0. The van der Waals surface area contributed by atoms with Crippen LogP contribution in [0.15, 0.2) is 60.7 Å². The molecule has 3 N–H and O–H groups in total. The molecule has 3 aromatic rings. The van der Waals surface area contributed by atoms with Crippen LogP contribution in [-0.2, 0) is 11.3 Å². The van der Waals surface area contributed by atoms with Gasteiger partial charge in [0.25, 0.3) is 0 Å². The van der Waals surface area contributed by atoms with E-state index in [4.69, 9.17) is 20.3 Å². The summed E-state index contributed by atoms with van der Waals surface area (Å²) in [5.74, 6) is 0.145. The van der Waals surface area contributed by atoms with E-state index in [0.29, 0.717) is 24.6 Å². The van der Waals surface area contributed by atoms with Crippen LogP contribution in [0.25, 0.3) is 11.1 Å². The summed E-state index contributed by atoms with van der Waals surface area (Å²) in [5.41, 5.74) is 9.92. The van der Waals surface area contributed by atoms with Gasteiger partial charge in [0.05, 0.1) is 0 Å². The van der Waals surface area contributed by atoms with E-state index >= 15 is 0 Å². The van der Waals surface area contributed by atoms with Crippen LogP contribution in [0.4, 0.5) is 0 Å². The number of aromatic nitrogens is 1. The molecule has 1 heterocycles. The first-order chi connectivity index (χ1) is 14.0. The van der Waals surface area contributed by atoms with Crippen molar-refractivity contribution in [3.05, 3.63) is 71.8 Å². The van der Waals surface area contributed by atoms with Crippen molar-refractivity contribution in [1.82, 2.24) is 4.98 Å². The summed E-state index contributed by atoms with van der Waals surface area (Å²) in [6, 6.07) is 19.0. The fourth-order valence-corrected chi connectivity index (χ4v) is 2.94. The van der Waals surface area contributed by atoms with Crippen LogP contribution in [0, 0.1) is 6.92 Å². The van der Waals surface area contributed by atoms with Gasteiger partial charge in [0.15, 0.2) is 6.10 Å². The number of benzene rings is 2. The Hall–Kier alpha value is -3.38. The Labute approximate surface area is 169 Å². The maximum Gasteiger partial charge on any atom is 0.344 e. The molecule has 1 atom stereocenters. The van der Waals surface area contributed by atoms with Gasteiger partial charge in [-0.2, -0.15) is 4.98 Å². The van der Waals surface area contributed by atoms with E-state index in [-0.39, 0.29) is 5.88 Å². The standard InChI is InChI=1S/C23H24N2O4/c1-3-20(23(26)27)29-22-9-5-8-21(25-22)28-19-11-15(2)10-18(13-19)17-7-4-6-16(12-17)14-24/h4-13,20H,3,14,24H2,1-2H3,(H,26,27). The summed E-state index contributed by atoms with van der Waals surface area (Å²) in [5, 5.41) is 9.15. The fourth-order valence-electron chi connectivity index (χ4n) is 2.94. The van der Waals surface area contributed by atoms with Crippen LogP contribution in [0.5, 0.6) is 17.5 Å². The van der Waals surface area contributed by atoms with Crippen LogP contribution in [0.1, 0.15) is 24.5 Å². The van der Waals surface area contributed by atoms with Crippen molar-refractivity contribution in [2.24, 2.45) is 5.73 Å². The summed E-state index contributed by atoms with van der Waals surface area (Å²) >= 11 is 0. The zero-order chi connectivity index (χ0) is 20.8. The predicted molar refractivity (Wildman–Crippen MR) is 111 cm³/mol. The average Bonchev–Trinajstić information content (AvgIpc) is 2.71. The number of pyridine rings is 1. The molecule has 6 heteroatoms. The summed E-state index contributed by atoms with van der Waals surface area (Å²) in [6.07, 6.45) is -0.608. The third-order valence-electron chi connectivity index (χ3n) is 4.38. The topological polar surface area (TPSA) is 94.7 Å². The zero-order valence-electron chi connectivity index (χ0n) is 16.5. The van der Waals surface area contributed by atoms with Gasteiger partial charge < -0.3 is 20.3 Å². The Bertz CT molecular complexity index is 1000. The first-order valence-electron chi connectivity index (χ1n) is 9.44. The van der Waals surface area contributed by atoms with Gasteiger partial charge in [-0.3, -0.25) is 0 Å². The molecule has 0 fully saturated rings. The number of carbonyl (C=O) groups is 1. The second-order valence-corrected chi connectivity index (χ2v) is 6.71. The minimum absolute atomic E-state index is 0.209. The van der Waals surface area contributed by atoms with E-state index in [0.717, 1.165) is 22.3 Å². The number of aryl methyl sites for hydroxylation is 1. The summed E-state index contributed by atoms with van der Waals surface area (Å²) in [6.45, 7) is 4.22. The third kappa shape index (κ3) is 5.33. The Kier molecular flexibility index (Phi) is 6.46. The van der Waals surface area contributed by atoms with E-state index in [9.17, 15) is 4.79 Å². The van der Waals surface area contributed by atoms with Crippen molar-refractivity contribution < 1.29 is 19.4 Å². The molecule has 0 amide bonds. The Morgan fingerprint density at radius 1 is 1.07 bits per heavy atom. The molecule has 0 aliphatic carbocycles. The highest BCUT2D eigenvalue weighted by molar-refractivity contribution is 5.72. The number of rotatable bonds is 8. The van der Waals surface area contributed by atoms with E-state index in [2.05, 4.69) is 17.1 Å². The van der Waals surface area contributed by atoms with Crippen LogP contribution < -0.4 is 15.2 Å². The van der Waals surface area contributed by atoms with E-state index in [1.54, 1.807) is 25.1 Å².